The summed E-state index contributed by atoms with van der Waals surface area (Å²) in [6.07, 6.45) is -5.13. The van der Waals surface area contributed by atoms with Crippen molar-refractivity contribution in [3.05, 3.63) is 51.4 Å². The first kappa shape index (κ1) is 20.8. The second kappa shape index (κ2) is 7.03. The maximum absolute atomic E-state index is 14.5. The van der Waals surface area contributed by atoms with Crippen molar-refractivity contribution < 1.29 is 40.6 Å². The molecule has 1 aliphatic carbocycles. The number of benzene rings is 1. The first-order valence-electron chi connectivity index (χ1n) is 8.51. The third-order valence-corrected chi connectivity index (χ3v) is 5.73. The topological polar surface area (TPSA) is 51.7 Å². The first-order valence-corrected chi connectivity index (χ1v) is 9.30. The molecule has 2 aromatic rings. The number of aromatic nitrogens is 1. The Kier molecular flexibility index (Phi) is 4.87. The highest BCUT2D eigenvalue weighted by Crippen LogP contribution is 2.50. The molecule has 1 atom stereocenters. The van der Waals surface area contributed by atoms with E-state index in [1.54, 1.807) is 6.07 Å². The standard InChI is InChI=1S/C18H11BrF6N2O3/c19-11-2-1-10-9(13(11)20)3-4-17(10)7-29-16(28)27(17)14-12(30-15(21)22)5-8(6-26-14)18(23,24)25/h1-2,5-6,15H,3-4,7H2/t17-/m1/s1. The summed E-state index contributed by atoms with van der Waals surface area (Å²) in [5, 5.41) is 0. The van der Waals surface area contributed by atoms with E-state index in [2.05, 4.69) is 25.7 Å². The second-order valence-corrected chi connectivity index (χ2v) is 7.59. The minimum Gasteiger partial charge on any atom is -0.446 e. The monoisotopic (exact) mass is 496 g/mol. The zero-order valence-electron chi connectivity index (χ0n) is 14.8. The molecule has 1 spiro atoms. The summed E-state index contributed by atoms with van der Waals surface area (Å²) in [4.78, 5) is 17.0. The molecule has 0 unspecified atom stereocenters. The number of nitrogens with zero attached hydrogens (tertiary/aromatic N) is 2. The quantitative estimate of drug-likeness (QED) is 0.533. The third-order valence-electron chi connectivity index (χ3n) is 5.12. The molecular weight excluding hydrogens is 486 g/mol. The lowest BCUT2D eigenvalue weighted by molar-refractivity contribution is -0.138. The van der Waals surface area contributed by atoms with Gasteiger partial charge in [-0.3, -0.25) is 0 Å². The zero-order chi connectivity index (χ0) is 21.8. The third kappa shape index (κ3) is 3.17. The van der Waals surface area contributed by atoms with Crippen LogP contribution in [0.4, 0.5) is 37.0 Å². The van der Waals surface area contributed by atoms with Crippen LogP contribution in [0.25, 0.3) is 0 Å². The highest BCUT2D eigenvalue weighted by atomic mass is 79.9. The minimum absolute atomic E-state index is 0.151. The summed E-state index contributed by atoms with van der Waals surface area (Å²) in [7, 11) is 0. The Balaban J connectivity index is 1.88. The van der Waals surface area contributed by atoms with Crippen molar-refractivity contribution >= 4 is 27.8 Å². The Morgan fingerprint density at radius 2 is 2.03 bits per heavy atom. The van der Waals surface area contributed by atoms with Gasteiger partial charge < -0.3 is 9.47 Å². The van der Waals surface area contributed by atoms with Gasteiger partial charge in [0.2, 0.25) is 0 Å². The summed E-state index contributed by atoms with van der Waals surface area (Å²) in [5.74, 6) is -2.06. The van der Waals surface area contributed by atoms with Gasteiger partial charge in [-0.25, -0.2) is 19.1 Å². The predicted octanol–water partition coefficient (Wildman–Crippen LogP) is 5.40. The number of ether oxygens (including phenoxy) is 2. The van der Waals surface area contributed by atoms with E-state index in [1.165, 1.54) is 6.07 Å². The van der Waals surface area contributed by atoms with Crippen LogP contribution in [0.1, 0.15) is 23.1 Å². The van der Waals surface area contributed by atoms with E-state index in [0.29, 0.717) is 17.8 Å². The number of carbonyl (C=O) groups is 1. The summed E-state index contributed by atoms with van der Waals surface area (Å²) in [5.41, 5.74) is -2.00. The van der Waals surface area contributed by atoms with E-state index < -0.39 is 47.4 Å². The van der Waals surface area contributed by atoms with Crippen molar-refractivity contribution in [2.24, 2.45) is 0 Å². The van der Waals surface area contributed by atoms with Crippen molar-refractivity contribution in [3.63, 3.8) is 0 Å². The highest BCUT2D eigenvalue weighted by Gasteiger charge is 2.55. The van der Waals surface area contributed by atoms with Gasteiger partial charge >= 0.3 is 18.9 Å². The van der Waals surface area contributed by atoms with Crippen LogP contribution in [-0.2, 0) is 22.9 Å². The largest absolute Gasteiger partial charge is 0.446 e. The van der Waals surface area contributed by atoms with Crippen LogP contribution in [0.15, 0.2) is 28.9 Å². The first-order chi connectivity index (χ1) is 14.0. The summed E-state index contributed by atoms with van der Waals surface area (Å²) in [6.45, 7) is -3.72. The van der Waals surface area contributed by atoms with Gasteiger partial charge in [0, 0.05) is 6.20 Å². The van der Waals surface area contributed by atoms with E-state index in [-0.39, 0.29) is 29.5 Å². The van der Waals surface area contributed by atoms with Gasteiger partial charge in [-0.1, -0.05) is 6.07 Å². The Labute approximate surface area is 173 Å². The molecule has 0 N–H and O–H groups in total. The molecule has 1 aliphatic heterocycles. The van der Waals surface area contributed by atoms with E-state index in [1.807, 2.05) is 0 Å². The van der Waals surface area contributed by atoms with E-state index in [4.69, 9.17) is 4.74 Å². The van der Waals surface area contributed by atoms with Crippen molar-refractivity contribution in [1.29, 1.82) is 0 Å². The number of cyclic esters (lactones) is 1. The molecule has 1 aromatic carbocycles. The number of hydrogen-bond donors (Lipinski definition) is 0. The fourth-order valence-corrected chi connectivity index (χ4v) is 4.21. The number of anilines is 1. The van der Waals surface area contributed by atoms with E-state index in [9.17, 15) is 31.1 Å². The lowest BCUT2D eigenvalue weighted by Crippen LogP contribution is -2.44. The molecule has 2 heterocycles. The van der Waals surface area contributed by atoms with Gasteiger partial charge in [-0.05, 0) is 52.0 Å². The van der Waals surface area contributed by atoms with E-state index >= 15 is 0 Å². The summed E-state index contributed by atoms with van der Waals surface area (Å²) < 4.78 is 89.0. The molecule has 1 fully saturated rings. The normalized spacial score (nSPS) is 20.8. The SMILES string of the molecule is O=C1OC[C@@]2(CCc3c2ccc(Br)c3F)N1c1ncc(C(F)(F)F)cc1OC(F)F. The molecule has 1 saturated heterocycles. The average Bonchev–Trinajstić information content (AvgIpc) is 3.19. The number of alkyl halides is 5. The number of pyridine rings is 1. The van der Waals surface area contributed by atoms with Gasteiger partial charge in [0.25, 0.3) is 0 Å². The Hall–Kier alpha value is -2.50. The average molecular weight is 497 g/mol. The molecule has 4 rings (SSSR count). The smallest absolute Gasteiger partial charge is 0.418 e. The van der Waals surface area contributed by atoms with Crippen LogP contribution in [0, 0.1) is 5.82 Å². The summed E-state index contributed by atoms with van der Waals surface area (Å²) in [6, 6.07) is 3.30. The number of rotatable bonds is 3. The molecule has 30 heavy (non-hydrogen) atoms. The van der Waals surface area contributed by atoms with Crippen LogP contribution in [0.3, 0.4) is 0 Å². The van der Waals surface area contributed by atoms with Crippen LogP contribution in [0.5, 0.6) is 5.75 Å². The molecule has 1 amide bonds. The fraction of sp³-hybridized carbons (Fsp3) is 0.333. The maximum Gasteiger partial charge on any atom is 0.418 e. The van der Waals surface area contributed by atoms with E-state index in [0.717, 1.165) is 4.90 Å². The minimum atomic E-state index is -4.87. The lowest BCUT2D eigenvalue weighted by Gasteiger charge is -2.32. The molecule has 160 valence electrons. The maximum atomic E-state index is 14.5. The highest BCUT2D eigenvalue weighted by molar-refractivity contribution is 9.10. The molecule has 12 heteroatoms. The molecular formula is C18H11BrF6N2O3. The number of carbonyl (C=O) groups excluding carboxylic acids is 1. The lowest BCUT2D eigenvalue weighted by atomic mass is 9.91. The van der Waals surface area contributed by atoms with Crippen molar-refractivity contribution in [1.82, 2.24) is 4.98 Å². The van der Waals surface area contributed by atoms with Crippen molar-refractivity contribution in [2.75, 3.05) is 11.5 Å². The van der Waals surface area contributed by atoms with Crippen LogP contribution < -0.4 is 9.64 Å². The molecule has 0 saturated carbocycles. The van der Waals surface area contributed by atoms with Crippen LogP contribution >= 0.6 is 15.9 Å². The Morgan fingerprint density at radius 3 is 2.70 bits per heavy atom. The molecule has 5 nitrogen and oxygen atoms in total. The van der Waals surface area contributed by atoms with Crippen molar-refractivity contribution in [3.8, 4) is 5.75 Å². The second-order valence-electron chi connectivity index (χ2n) is 6.73. The molecule has 0 radical (unpaired) electrons. The zero-order valence-corrected chi connectivity index (χ0v) is 16.4. The number of amides is 1. The molecule has 0 bridgehead atoms. The predicted molar refractivity (Wildman–Crippen MR) is 93.8 cm³/mol. The molecule has 2 aliphatic rings. The number of fused-ring (bicyclic) bond motifs is 2. The van der Waals surface area contributed by atoms with Crippen LogP contribution in [0.2, 0.25) is 0 Å². The van der Waals surface area contributed by atoms with Gasteiger partial charge in [0.15, 0.2) is 11.6 Å². The van der Waals surface area contributed by atoms with Gasteiger partial charge in [0.1, 0.15) is 18.0 Å². The fourth-order valence-electron chi connectivity index (χ4n) is 3.84. The number of hydrogen-bond acceptors (Lipinski definition) is 4. The van der Waals surface area contributed by atoms with Crippen molar-refractivity contribution in [2.45, 2.75) is 31.2 Å². The number of halogens is 7. The Morgan fingerprint density at radius 1 is 1.30 bits per heavy atom. The van der Waals surface area contributed by atoms with Crippen LogP contribution in [-0.4, -0.2) is 24.3 Å². The van der Waals surface area contributed by atoms with Gasteiger partial charge in [-0.15, -0.1) is 0 Å². The van der Waals surface area contributed by atoms with Gasteiger partial charge in [-0.2, -0.15) is 22.0 Å². The Bertz CT molecular complexity index is 1030. The summed E-state index contributed by atoms with van der Waals surface area (Å²) >= 11 is 3.07. The molecule has 1 aromatic heterocycles. The van der Waals surface area contributed by atoms with Gasteiger partial charge in [0.05, 0.1) is 10.0 Å².